The van der Waals surface area contributed by atoms with Crippen LogP contribution in [0.2, 0.25) is 0 Å². The van der Waals surface area contributed by atoms with Crippen molar-refractivity contribution in [2.24, 2.45) is 0 Å². The van der Waals surface area contributed by atoms with Gasteiger partial charge in [0, 0.05) is 5.56 Å². The highest BCUT2D eigenvalue weighted by atomic mass is 79.9. The summed E-state index contributed by atoms with van der Waals surface area (Å²) in [6.07, 6.45) is 0. The van der Waals surface area contributed by atoms with Crippen molar-refractivity contribution in [2.45, 2.75) is 33.7 Å². The Balaban J connectivity index is 2.71. The summed E-state index contributed by atoms with van der Waals surface area (Å²) in [4.78, 5) is 0. The smallest absolute Gasteiger partial charge is 0.142 e. The molecular weight excluding hydrogens is 329 g/mol. The Kier molecular flexibility index (Phi) is 4.84. The van der Waals surface area contributed by atoms with Crippen molar-refractivity contribution in [3.63, 3.8) is 0 Å². The first-order valence-electron chi connectivity index (χ1n) is 7.07. The maximum Gasteiger partial charge on any atom is 0.142 e. The van der Waals surface area contributed by atoms with Gasteiger partial charge >= 0.3 is 0 Å². The van der Waals surface area contributed by atoms with Crippen LogP contribution in [-0.2, 0) is 0 Å². The van der Waals surface area contributed by atoms with E-state index in [0.29, 0.717) is 10.0 Å². The number of rotatable bonds is 3. The van der Waals surface area contributed by atoms with E-state index in [2.05, 4.69) is 55.0 Å². The lowest BCUT2D eigenvalue weighted by Gasteiger charge is -2.25. The highest BCUT2D eigenvalue weighted by Gasteiger charge is 2.22. The standard InChI is InChI=1S/C18H21BrFN/c1-10-9-11(2)13(4)16(12(10)3)18(21-5)14-7-6-8-15(19)17(14)20/h6-9,18,21H,1-5H3. The minimum Gasteiger partial charge on any atom is -0.309 e. The van der Waals surface area contributed by atoms with Crippen molar-refractivity contribution in [3.05, 3.63) is 67.9 Å². The molecule has 0 aromatic heterocycles. The zero-order valence-electron chi connectivity index (χ0n) is 13.1. The van der Waals surface area contributed by atoms with Gasteiger partial charge in [0.05, 0.1) is 10.5 Å². The number of benzene rings is 2. The van der Waals surface area contributed by atoms with Crippen LogP contribution < -0.4 is 5.32 Å². The van der Waals surface area contributed by atoms with Gasteiger partial charge in [0.25, 0.3) is 0 Å². The van der Waals surface area contributed by atoms with Crippen LogP contribution >= 0.6 is 15.9 Å². The van der Waals surface area contributed by atoms with Crippen molar-refractivity contribution < 1.29 is 4.39 Å². The van der Waals surface area contributed by atoms with Crippen molar-refractivity contribution >= 4 is 15.9 Å². The zero-order valence-corrected chi connectivity index (χ0v) is 14.7. The lowest BCUT2D eigenvalue weighted by molar-refractivity contribution is 0.568. The van der Waals surface area contributed by atoms with Crippen LogP contribution in [0.25, 0.3) is 0 Å². The molecule has 0 aliphatic carbocycles. The molecule has 21 heavy (non-hydrogen) atoms. The van der Waals surface area contributed by atoms with E-state index in [1.165, 1.54) is 27.8 Å². The Morgan fingerprint density at radius 1 is 1.05 bits per heavy atom. The van der Waals surface area contributed by atoms with Gasteiger partial charge in [-0.2, -0.15) is 0 Å². The SMILES string of the molecule is CNC(c1cccc(Br)c1F)c1c(C)c(C)cc(C)c1C. The van der Waals surface area contributed by atoms with Gasteiger partial charge in [-0.15, -0.1) is 0 Å². The number of hydrogen-bond acceptors (Lipinski definition) is 1. The van der Waals surface area contributed by atoms with E-state index in [9.17, 15) is 4.39 Å². The lowest BCUT2D eigenvalue weighted by atomic mass is 9.86. The minimum atomic E-state index is -0.199. The van der Waals surface area contributed by atoms with E-state index in [1.807, 2.05) is 19.2 Å². The molecular formula is C18H21BrFN. The Bertz CT molecular complexity index is 653. The van der Waals surface area contributed by atoms with Crippen molar-refractivity contribution in [2.75, 3.05) is 7.05 Å². The Hall–Kier alpha value is -1.19. The molecule has 0 aliphatic rings. The van der Waals surface area contributed by atoms with Gasteiger partial charge in [-0.05, 0) is 84.6 Å². The molecule has 0 bridgehead atoms. The Morgan fingerprint density at radius 2 is 1.62 bits per heavy atom. The molecule has 3 heteroatoms. The summed E-state index contributed by atoms with van der Waals surface area (Å²) >= 11 is 3.28. The normalized spacial score (nSPS) is 12.5. The first-order valence-corrected chi connectivity index (χ1v) is 7.86. The topological polar surface area (TPSA) is 12.0 Å². The third-order valence-corrected chi connectivity index (χ3v) is 4.91. The molecule has 0 aliphatic heterocycles. The van der Waals surface area contributed by atoms with E-state index in [4.69, 9.17) is 0 Å². The Labute approximate surface area is 134 Å². The molecule has 1 unspecified atom stereocenters. The third kappa shape index (κ3) is 2.90. The molecule has 2 rings (SSSR count). The highest BCUT2D eigenvalue weighted by molar-refractivity contribution is 9.10. The van der Waals surface area contributed by atoms with E-state index in [0.717, 1.165) is 0 Å². The van der Waals surface area contributed by atoms with Crippen LogP contribution in [-0.4, -0.2) is 7.05 Å². The minimum absolute atomic E-state index is 0.152. The summed E-state index contributed by atoms with van der Waals surface area (Å²) in [6, 6.07) is 7.49. The van der Waals surface area contributed by atoms with E-state index in [1.54, 1.807) is 6.07 Å². The van der Waals surface area contributed by atoms with Gasteiger partial charge in [0.1, 0.15) is 5.82 Å². The molecule has 0 saturated heterocycles. The Morgan fingerprint density at radius 3 is 2.14 bits per heavy atom. The van der Waals surface area contributed by atoms with Gasteiger partial charge in [0.2, 0.25) is 0 Å². The predicted octanol–water partition coefficient (Wildman–Crippen LogP) is 5.13. The van der Waals surface area contributed by atoms with Crippen LogP contribution in [0.1, 0.15) is 39.4 Å². The molecule has 1 nitrogen and oxygen atoms in total. The van der Waals surface area contributed by atoms with Gasteiger partial charge < -0.3 is 5.32 Å². The average molecular weight is 350 g/mol. The molecule has 0 fully saturated rings. The lowest BCUT2D eigenvalue weighted by Crippen LogP contribution is -2.22. The van der Waals surface area contributed by atoms with Gasteiger partial charge in [0.15, 0.2) is 0 Å². The van der Waals surface area contributed by atoms with Crippen LogP contribution in [0.5, 0.6) is 0 Å². The molecule has 0 saturated carbocycles. The summed E-state index contributed by atoms with van der Waals surface area (Å²) in [5.74, 6) is -0.199. The molecule has 0 amide bonds. The van der Waals surface area contributed by atoms with Crippen molar-refractivity contribution in [1.29, 1.82) is 0 Å². The van der Waals surface area contributed by atoms with E-state index in [-0.39, 0.29) is 11.9 Å². The van der Waals surface area contributed by atoms with Crippen LogP contribution in [0.4, 0.5) is 4.39 Å². The predicted molar refractivity (Wildman–Crippen MR) is 90.4 cm³/mol. The fourth-order valence-corrected chi connectivity index (χ4v) is 3.26. The van der Waals surface area contributed by atoms with Gasteiger partial charge in [-0.3, -0.25) is 0 Å². The number of hydrogen-bond donors (Lipinski definition) is 1. The molecule has 2 aromatic carbocycles. The van der Waals surface area contributed by atoms with Gasteiger partial charge in [-0.1, -0.05) is 18.2 Å². The monoisotopic (exact) mass is 349 g/mol. The summed E-state index contributed by atoms with van der Waals surface area (Å²) < 4.78 is 15.0. The van der Waals surface area contributed by atoms with E-state index >= 15 is 0 Å². The van der Waals surface area contributed by atoms with Crippen LogP contribution in [0.15, 0.2) is 28.7 Å². The highest BCUT2D eigenvalue weighted by Crippen LogP contribution is 2.34. The fraction of sp³-hybridized carbons (Fsp3) is 0.333. The number of aryl methyl sites for hydroxylation is 2. The molecule has 2 aromatic rings. The quantitative estimate of drug-likeness (QED) is 0.809. The third-order valence-electron chi connectivity index (χ3n) is 4.29. The molecule has 1 atom stereocenters. The van der Waals surface area contributed by atoms with Crippen molar-refractivity contribution in [1.82, 2.24) is 5.32 Å². The fourth-order valence-electron chi connectivity index (χ4n) is 2.88. The molecule has 0 spiro atoms. The maximum atomic E-state index is 14.5. The second-order valence-electron chi connectivity index (χ2n) is 5.54. The first-order chi connectivity index (χ1) is 9.88. The van der Waals surface area contributed by atoms with Crippen LogP contribution in [0, 0.1) is 33.5 Å². The maximum absolute atomic E-state index is 14.5. The van der Waals surface area contributed by atoms with Crippen molar-refractivity contribution in [3.8, 4) is 0 Å². The summed E-state index contributed by atoms with van der Waals surface area (Å²) in [7, 11) is 1.88. The summed E-state index contributed by atoms with van der Waals surface area (Å²) in [5, 5.41) is 3.28. The molecule has 1 N–H and O–H groups in total. The average Bonchev–Trinajstić information content (AvgIpc) is 2.45. The summed E-state index contributed by atoms with van der Waals surface area (Å²) in [6.45, 7) is 8.43. The zero-order chi connectivity index (χ0) is 15.7. The number of nitrogens with one attached hydrogen (secondary N) is 1. The van der Waals surface area contributed by atoms with Gasteiger partial charge in [-0.25, -0.2) is 4.39 Å². The largest absolute Gasteiger partial charge is 0.309 e. The molecule has 0 heterocycles. The second-order valence-corrected chi connectivity index (χ2v) is 6.39. The number of halogens is 2. The van der Waals surface area contributed by atoms with E-state index < -0.39 is 0 Å². The molecule has 112 valence electrons. The molecule has 0 radical (unpaired) electrons. The van der Waals surface area contributed by atoms with Crippen LogP contribution in [0.3, 0.4) is 0 Å². The second kappa shape index (κ2) is 6.29. The first kappa shape index (κ1) is 16.2. The summed E-state index contributed by atoms with van der Waals surface area (Å²) in [5.41, 5.74) is 6.76.